The number of amides is 8. The van der Waals surface area contributed by atoms with Crippen molar-refractivity contribution in [1.29, 1.82) is 0 Å². The van der Waals surface area contributed by atoms with Gasteiger partial charge in [-0.25, -0.2) is 24.0 Å². The number of carboxylic acids is 1. The molecule has 3 aliphatic heterocycles. The number of aliphatic carboxylic acids is 1. The average molecular weight is 1980 g/mol. The summed E-state index contributed by atoms with van der Waals surface area (Å²) in [6, 6.07) is 17.8. The molecule has 33 nitrogen and oxygen atoms in total. The molecule has 3 saturated heterocycles. The molecule has 5 rings (SSSR count). The fourth-order valence-corrected chi connectivity index (χ4v) is 23.2. The maximum absolute atomic E-state index is 13.0. The van der Waals surface area contributed by atoms with Crippen molar-refractivity contribution in [3.63, 3.8) is 0 Å². The molecule has 2 aromatic rings. The second kappa shape index (κ2) is 51.9. The molecule has 0 aliphatic carbocycles. The van der Waals surface area contributed by atoms with Gasteiger partial charge in [0.1, 0.15) is 34.3 Å². The quantitative estimate of drug-likeness (QED) is 0.0111. The first-order valence-corrected chi connectivity index (χ1v) is 58.6. The number of nitrogens with one attached hydrogen (secondary N) is 8. The number of alkyl carbamates (subject to hydrolysis) is 5. The molecule has 3 aliphatic rings. The minimum atomic E-state index is -3.03. The van der Waals surface area contributed by atoms with Gasteiger partial charge in [-0.3, -0.25) is 24.0 Å². The number of ether oxygens (including phenoxy) is 6. The van der Waals surface area contributed by atoms with Crippen LogP contribution in [0.25, 0.3) is 0 Å². The van der Waals surface area contributed by atoms with E-state index in [1.165, 1.54) is 7.11 Å². The van der Waals surface area contributed by atoms with Crippen LogP contribution in [0, 0.1) is 29.6 Å². The molecule has 38 heteroatoms. The van der Waals surface area contributed by atoms with Crippen molar-refractivity contribution in [2.75, 3.05) is 74.0 Å². The molecule has 12 atom stereocenters. The SMILES string of the molecule is C=C[C@@H](CO[Si](C)(C)C(C)(C)C)[C@@H](CO[Si](OC)(c1ccccc1)C(C)(C)C)NC(=O)OC(C)(C)C.CC(C)(C)OC(=O)N[C@@H]1CNC(=O)C[C@H]1C(=O)O.CC(C)(C)OC(=O)N[C@@H]1CNC(=O)C[C@H]1C=O.CC(C)(C)OC(=O)N[C@@H]1CNC(=O)C[C@H]1CO[Si](C)(C)C(C)(C)C.COC(=O)C[C@@H](CO[Si](C)(C)C(C)(C)C)[C@@H](CO[Si](OC)(c1ccccc1)C(C)(C)C)NC(=O)OC(C)(C)C. The number of hydrogen-bond donors (Lipinski definition) is 9. The van der Waals surface area contributed by atoms with Gasteiger partial charge in [0.05, 0.1) is 62.9 Å². The summed E-state index contributed by atoms with van der Waals surface area (Å²) in [6.45, 7) is 78.7. The lowest BCUT2D eigenvalue weighted by Crippen LogP contribution is -2.62. The van der Waals surface area contributed by atoms with Crippen LogP contribution in [-0.4, -0.2) is 246 Å². The highest BCUT2D eigenvalue weighted by Crippen LogP contribution is 2.43. The molecule has 3 fully saturated rings. The van der Waals surface area contributed by atoms with Gasteiger partial charge in [0, 0.05) is 107 Å². The summed E-state index contributed by atoms with van der Waals surface area (Å²) in [6.07, 6.45) is 0.108. The highest BCUT2D eigenvalue weighted by Gasteiger charge is 2.54. The van der Waals surface area contributed by atoms with Crippen LogP contribution in [0.5, 0.6) is 0 Å². The molecule has 2 unspecified atom stereocenters. The highest BCUT2D eigenvalue weighted by atomic mass is 28.4. The minimum absolute atomic E-state index is 0.000991. The number of esters is 1. The van der Waals surface area contributed by atoms with Gasteiger partial charge in [-0.15, -0.1) is 6.58 Å². The number of rotatable bonds is 31. The first-order chi connectivity index (χ1) is 60.7. The zero-order valence-corrected chi connectivity index (χ0v) is 93.6. The van der Waals surface area contributed by atoms with E-state index in [9.17, 15) is 52.7 Å². The number of carbonyl (C=O) groups excluding carboxylic acids is 10. The van der Waals surface area contributed by atoms with Gasteiger partial charge < -0.3 is 112 Å². The Bertz CT molecular complexity index is 4060. The van der Waals surface area contributed by atoms with Crippen LogP contribution in [0.2, 0.25) is 64.5 Å². The molecule has 9 N–H and O–H groups in total. The fourth-order valence-electron chi connectivity index (χ4n) is 13.1. The lowest BCUT2D eigenvalue weighted by molar-refractivity contribution is -0.146. The predicted octanol–water partition coefficient (Wildman–Crippen LogP) is 15.8. The molecule has 768 valence electrons. The van der Waals surface area contributed by atoms with Gasteiger partial charge >= 0.3 is 59.5 Å². The zero-order chi connectivity index (χ0) is 104. The Hall–Kier alpha value is -7.65. The lowest BCUT2D eigenvalue weighted by Gasteiger charge is -2.42. The van der Waals surface area contributed by atoms with E-state index in [0.717, 1.165) is 10.4 Å². The summed E-state index contributed by atoms with van der Waals surface area (Å²) in [5.74, 6) is -4.04. The third-order valence-electron chi connectivity index (χ3n) is 23.6. The summed E-state index contributed by atoms with van der Waals surface area (Å²) in [5, 5.41) is 32.5. The number of benzene rings is 2. The standard InChI is InChI=1S/C29H53NO7Si2.C28H51NO5Si2.C17H34N2O4Si.C11H18N2O5.C11H18N2O4/c1-27(2,3)37-26(32)30-24(22(19-25(31)33-10)20-35-38(12,13)28(4,5)6)21-36-39(34-11,29(7,8)9)23-17-15-14-16-18-23;1-14-22(20-32-35(12,13)27(5,6)7)24(29-25(30)34-26(2,3)4)21-33-36(31-11,28(8,9)10)23-18-16-15-17-19-23;1-16(2,3)23-15(21)19-13-10-18-14(20)9-12(13)11-22-24(7,8)17(4,5)6;1-11(2,3)18-10(17)13-7-5-12-8(14)4-6(7)9(15)16;1-11(2,3)17-10(16)13-8-5-12-9(15)4-7(8)6-14/h14-18,22,24H,19-21H2,1-13H3,(H,30,32);14-19,22,24H,1,20-21H2,2-13H3,(H,29,30);12-13H,9-11H2,1-8H3,(H,18,20)(H,19,21);6-7H,4-5H2,1-3H3,(H,12,14)(H,13,17)(H,15,16);6-8H,4-5H2,1-3H3,(H,12,15)(H,13,16)/t22-,24+,39?;22-,24+,36?;12-,13+;6-,7-;7-,8+/m00010/s1. The summed E-state index contributed by atoms with van der Waals surface area (Å²) < 4.78 is 76.9. The first kappa shape index (κ1) is 124. The number of hydrogen-bond acceptors (Lipinski definition) is 24. The lowest BCUT2D eigenvalue weighted by atomic mass is 9.92. The van der Waals surface area contributed by atoms with Crippen LogP contribution in [0.1, 0.15) is 233 Å². The van der Waals surface area contributed by atoms with Gasteiger partial charge in [0.2, 0.25) is 17.7 Å². The number of carboxylic acid groups (broad SMARTS) is 1. The Morgan fingerprint density at radius 2 is 0.754 bits per heavy atom. The molecule has 134 heavy (non-hydrogen) atoms. The molecule has 0 saturated carbocycles. The van der Waals surface area contributed by atoms with Crippen molar-refractivity contribution in [2.24, 2.45) is 29.6 Å². The van der Waals surface area contributed by atoms with Crippen molar-refractivity contribution in [3.05, 3.63) is 73.3 Å². The van der Waals surface area contributed by atoms with Crippen LogP contribution in [-0.2, 0) is 88.2 Å². The summed E-state index contributed by atoms with van der Waals surface area (Å²) >= 11 is 0. The van der Waals surface area contributed by atoms with E-state index < -0.39 is 148 Å². The largest absolute Gasteiger partial charge is 0.481 e. The monoisotopic (exact) mass is 1980 g/mol. The topological polar surface area (TPSA) is 424 Å². The van der Waals surface area contributed by atoms with E-state index in [-0.39, 0.29) is 119 Å². The van der Waals surface area contributed by atoms with E-state index in [0.29, 0.717) is 32.5 Å². The molecular weight excluding hydrogens is 1810 g/mol. The van der Waals surface area contributed by atoms with E-state index >= 15 is 0 Å². The summed E-state index contributed by atoms with van der Waals surface area (Å²) in [4.78, 5) is 129. The molecule has 0 bridgehead atoms. The Labute approximate surface area is 807 Å². The van der Waals surface area contributed by atoms with Gasteiger partial charge in [-0.2, -0.15) is 0 Å². The fraction of sp³-hybridized carbons (Fsp3) is 0.740. The molecule has 2 aromatic carbocycles. The van der Waals surface area contributed by atoms with Gasteiger partial charge in [0.25, 0.3) is 0 Å². The van der Waals surface area contributed by atoms with Crippen LogP contribution < -0.4 is 52.9 Å². The van der Waals surface area contributed by atoms with Crippen LogP contribution >= 0.6 is 0 Å². The van der Waals surface area contributed by atoms with Gasteiger partial charge in [-0.05, 0) is 169 Å². The first-order valence-electron chi connectivity index (χ1n) is 46.3. The van der Waals surface area contributed by atoms with Gasteiger partial charge in [-0.1, -0.05) is 171 Å². The van der Waals surface area contributed by atoms with Gasteiger partial charge in [0.15, 0.2) is 25.0 Å². The Morgan fingerprint density at radius 1 is 0.425 bits per heavy atom. The van der Waals surface area contributed by atoms with Crippen LogP contribution in [0.4, 0.5) is 24.0 Å². The zero-order valence-electron chi connectivity index (χ0n) is 88.6. The van der Waals surface area contributed by atoms with Crippen LogP contribution in [0.3, 0.4) is 0 Å². The van der Waals surface area contributed by atoms with Crippen molar-refractivity contribution >= 4 is 119 Å². The molecule has 0 spiro atoms. The average Bonchev–Trinajstić information content (AvgIpc) is 0.773. The molecular formula is C96H174N8O25Si5. The van der Waals surface area contributed by atoms with E-state index in [1.54, 1.807) is 55.8 Å². The third kappa shape index (κ3) is 44.0. The summed E-state index contributed by atoms with van der Waals surface area (Å²) in [5.41, 5.74) is -3.09. The van der Waals surface area contributed by atoms with E-state index in [4.69, 9.17) is 64.5 Å². The second-order valence-corrected chi connectivity index (χ2v) is 68.4. The molecule has 0 radical (unpaired) electrons. The van der Waals surface area contributed by atoms with Crippen molar-refractivity contribution < 1.29 is 117 Å². The highest BCUT2D eigenvalue weighted by molar-refractivity contribution is 6.84. The number of methoxy groups -OCH3 is 1. The van der Waals surface area contributed by atoms with Crippen molar-refractivity contribution in [3.8, 4) is 0 Å². The molecule has 0 aromatic heterocycles. The Morgan fingerprint density at radius 3 is 1.10 bits per heavy atom. The predicted molar refractivity (Wildman–Crippen MR) is 535 cm³/mol. The van der Waals surface area contributed by atoms with Crippen molar-refractivity contribution in [2.45, 2.75) is 356 Å². The smallest absolute Gasteiger partial charge is 0.407 e. The molecule has 8 amide bonds. The number of piperidine rings is 3. The number of aldehydes is 1. The van der Waals surface area contributed by atoms with Crippen molar-refractivity contribution in [1.82, 2.24) is 42.5 Å². The maximum atomic E-state index is 13.0. The van der Waals surface area contributed by atoms with Crippen LogP contribution in [0.15, 0.2) is 73.3 Å². The maximum Gasteiger partial charge on any atom is 0.407 e. The number of carbonyl (C=O) groups is 11. The Kier molecular flexibility index (Phi) is 48.1. The summed E-state index contributed by atoms with van der Waals surface area (Å²) in [7, 11) is -7.25. The normalized spacial score (nSPS) is 19.6. The second-order valence-electron chi connectivity index (χ2n) is 45.9. The van der Waals surface area contributed by atoms with E-state index in [2.05, 4.69) is 204 Å². The minimum Gasteiger partial charge on any atom is -0.481 e. The third-order valence-corrected chi connectivity index (χ3v) is 45.5. The molecule has 3 heterocycles. The Balaban J connectivity index is 0.000000869. The van der Waals surface area contributed by atoms with E-state index in [1.807, 2.05) is 117 Å².